The summed E-state index contributed by atoms with van der Waals surface area (Å²) in [5.41, 5.74) is 3.57. The maximum absolute atomic E-state index is 13.4. The molecule has 0 aliphatic heterocycles. The summed E-state index contributed by atoms with van der Waals surface area (Å²) in [6.45, 7) is 3.53. The number of benzene rings is 3. The lowest BCUT2D eigenvalue weighted by Crippen LogP contribution is -2.26. The monoisotopic (exact) mass is 414 g/mol. The number of methoxy groups -OCH3 is 1. The van der Waals surface area contributed by atoms with Gasteiger partial charge in [0.05, 0.1) is 25.8 Å². The van der Waals surface area contributed by atoms with Gasteiger partial charge in [-0.2, -0.15) is 0 Å². The highest BCUT2D eigenvalue weighted by atomic mass is 16.5. The minimum Gasteiger partial charge on any atom is -0.497 e. The van der Waals surface area contributed by atoms with Crippen LogP contribution in [0.5, 0.6) is 11.5 Å². The van der Waals surface area contributed by atoms with E-state index < -0.39 is 0 Å². The first kappa shape index (κ1) is 20.5. The number of nitrogens with one attached hydrogen (secondary N) is 1. The molecule has 0 aliphatic carbocycles. The molecule has 4 rings (SSSR count). The number of hydrogen-bond acceptors (Lipinski definition) is 4. The van der Waals surface area contributed by atoms with Crippen LogP contribution in [0.25, 0.3) is 10.9 Å². The molecule has 0 saturated carbocycles. The Morgan fingerprint density at radius 3 is 2.35 bits per heavy atom. The lowest BCUT2D eigenvalue weighted by molar-refractivity contribution is 0.340. The summed E-state index contributed by atoms with van der Waals surface area (Å²) in [6.07, 6.45) is 0. The van der Waals surface area contributed by atoms with E-state index in [-0.39, 0.29) is 5.56 Å². The van der Waals surface area contributed by atoms with Crippen molar-refractivity contribution < 1.29 is 9.47 Å². The van der Waals surface area contributed by atoms with Crippen molar-refractivity contribution in [2.24, 2.45) is 0 Å². The number of aromatic nitrogens is 1. The van der Waals surface area contributed by atoms with E-state index in [0.717, 1.165) is 33.7 Å². The third-order valence-electron chi connectivity index (χ3n) is 5.21. The molecule has 0 radical (unpaired) electrons. The Balaban J connectivity index is 1.68. The second-order valence-corrected chi connectivity index (χ2v) is 7.28. The van der Waals surface area contributed by atoms with Gasteiger partial charge >= 0.3 is 0 Å². The average molecular weight is 415 g/mol. The highest BCUT2D eigenvalue weighted by Gasteiger charge is 2.11. The van der Waals surface area contributed by atoms with Crippen LogP contribution in [-0.4, -0.2) is 18.3 Å². The summed E-state index contributed by atoms with van der Waals surface area (Å²) < 4.78 is 12.7. The molecule has 5 heteroatoms. The first-order chi connectivity index (χ1) is 15.2. The second kappa shape index (κ2) is 9.39. The van der Waals surface area contributed by atoms with Crippen molar-refractivity contribution in [1.29, 1.82) is 0 Å². The van der Waals surface area contributed by atoms with Gasteiger partial charge in [0.1, 0.15) is 11.5 Å². The Morgan fingerprint density at radius 1 is 0.903 bits per heavy atom. The highest BCUT2D eigenvalue weighted by Crippen LogP contribution is 2.22. The van der Waals surface area contributed by atoms with E-state index in [1.54, 1.807) is 7.11 Å². The van der Waals surface area contributed by atoms with Crippen molar-refractivity contribution >= 4 is 16.6 Å². The predicted octanol–water partition coefficient (Wildman–Crippen LogP) is 5.07. The fourth-order valence-electron chi connectivity index (χ4n) is 3.62. The minimum atomic E-state index is -0.0111. The van der Waals surface area contributed by atoms with E-state index in [1.165, 1.54) is 0 Å². The Morgan fingerprint density at radius 2 is 1.65 bits per heavy atom. The number of hydrogen-bond donors (Lipinski definition) is 1. The van der Waals surface area contributed by atoms with Gasteiger partial charge in [0.15, 0.2) is 0 Å². The second-order valence-electron chi connectivity index (χ2n) is 7.28. The Kier molecular flexibility index (Phi) is 6.22. The van der Waals surface area contributed by atoms with Gasteiger partial charge in [0.25, 0.3) is 5.56 Å². The minimum absolute atomic E-state index is 0.0111. The van der Waals surface area contributed by atoms with Gasteiger partial charge in [-0.1, -0.05) is 30.3 Å². The highest BCUT2D eigenvalue weighted by molar-refractivity contribution is 5.81. The summed E-state index contributed by atoms with van der Waals surface area (Å²) >= 11 is 0. The average Bonchev–Trinajstić information content (AvgIpc) is 2.81. The van der Waals surface area contributed by atoms with E-state index in [4.69, 9.17) is 9.47 Å². The molecule has 158 valence electrons. The Bertz CT molecular complexity index is 1220. The van der Waals surface area contributed by atoms with Gasteiger partial charge in [-0.15, -0.1) is 0 Å². The van der Waals surface area contributed by atoms with E-state index in [2.05, 4.69) is 5.32 Å². The quantitative estimate of drug-likeness (QED) is 0.437. The zero-order valence-corrected chi connectivity index (χ0v) is 17.8. The molecule has 31 heavy (non-hydrogen) atoms. The molecular formula is C26H26N2O3. The van der Waals surface area contributed by atoms with Crippen LogP contribution < -0.4 is 20.3 Å². The third-order valence-corrected chi connectivity index (χ3v) is 5.21. The summed E-state index contributed by atoms with van der Waals surface area (Å²) in [6, 6.07) is 25.6. The van der Waals surface area contributed by atoms with Crippen LogP contribution in [0.4, 0.5) is 5.69 Å². The zero-order chi connectivity index (χ0) is 21.6. The molecular weight excluding hydrogens is 388 g/mol. The smallest absolute Gasteiger partial charge is 0.256 e. The summed E-state index contributed by atoms with van der Waals surface area (Å²) in [5.74, 6) is 1.56. The number of rotatable bonds is 8. The topological polar surface area (TPSA) is 52.5 Å². The van der Waals surface area contributed by atoms with Crippen LogP contribution in [0.2, 0.25) is 0 Å². The molecule has 0 saturated heterocycles. The normalized spacial score (nSPS) is 10.8. The summed E-state index contributed by atoms with van der Waals surface area (Å²) in [5, 5.41) is 4.36. The molecule has 5 nitrogen and oxygen atoms in total. The first-order valence-corrected chi connectivity index (χ1v) is 10.4. The van der Waals surface area contributed by atoms with Crippen LogP contribution in [-0.2, 0) is 13.1 Å². The van der Waals surface area contributed by atoms with Gasteiger partial charge in [-0.25, -0.2) is 0 Å². The van der Waals surface area contributed by atoms with Crippen molar-refractivity contribution in [1.82, 2.24) is 4.57 Å². The van der Waals surface area contributed by atoms with Crippen molar-refractivity contribution in [2.75, 3.05) is 19.0 Å². The lowest BCUT2D eigenvalue weighted by atomic mass is 10.1. The Labute approximate surface area is 181 Å². The lowest BCUT2D eigenvalue weighted by Gasteiger charge is -2.15. The van der Waals surface area contributed by atoms with Gasteiger partial charge in [0.2, 0.25) is 0 Å². The molecule has 0 atom stereocenters. The molecule has 4 aromatic rings. The van der Waals surface area contributed by atoms with Gasteiger partial charge in [0, 0.05) is 23.9 Å². The largest absolute Gasteiger partial charge is 0.497 e. The molecule has 0 aliphatic rings. The maximum Gasteiger partial charge on any atom is 0.256 e. The number of ether oxygens (including phenoxy) is 2. The van der Waals surface area contributed by atoms with Gasteiger partial charge < -0.3 is 19.4 Å². The number of fused-ring (bicyclic) bond motifs is 1. The number of anilines is 1. The van der Waals surface area contributed by atoms with Crippen molar-refractivity contribution in [3.05, 3.63) is 100 Å². The summed E-state index contributed by atoms with van der Waals surface area (Å²) in [7, 11) is 1.63. The molecule has 3 aromatic carbocycles. The molecule has 0 fully saturated rings. The molecule has 0 unspecified atom stereocenters. The van der Waals surface area contributed by atoms with Gasteiger partial charge in [-0.3, -0.25) is 4.79 Å². The molecule has 1 aromatic heterocycles. The SMILES string of the molecule is CCOc1ccc(NCc2cc3ccc(OC)cc3n(Cc3ccccc3)c2=O)cc1. The van der Waals surface area contributed by atoms with Crippen LogP contribution in [0.1, 0.15) is 18.1 Å². The van der Waals surface area contributed by atoms with E-state index in [9.17, 15) is 4.79 Å². The fourth-order valence-corrected chi connectivity index (χ4v) is 3.62. The van der Waals surface area contributed by atoms with Crippen LogP contribution >= 0.6 is 0 Å². The molecule has 0 amide bonds. The predicted molar refractivity (Wildman–Crippen MR) is 125 cm³/mol. The van der Waals surface area contributed by atoms with E-state index >= 15 is 0 Å². The molecule has 1 N–H and O–H groups in total. The van der Waals surface area contributed by atoms with Crippen LogP contribution in [0.15, 0.2) is 83.7 Å². The van der Waals surface area contributed by atoms with Crippen LogP contribution in [0, 0.1) is 0 Å². The van der Waals surface area contributed by atoms with Crippen molar-refractivity contribution in [3.8, 4) is 11.5 Å². The zero-order valence-electron chi connectivity index (χ0n) is 17.8. The molecule has 1 heterocycles. The van der Waals surface area contributed by atoms with E-state index in [0.29, 0.717) is 25.3 Å². The first-order valence-electron chi connectivity index (χ1n) is 10.4. The Hall–Kier alpha value is -3.73. The van der Waals surface area contributed by atoms with Crippen molar-refractivity contribution in [3.63, 3.8) is 0 Å². The van der Waals surface area contributed by atoms with Gasteiger partial charge in [-0.05, 0) is 60.3 Å². The number of pyridine rings is 1. The van der Waals surface area contributed by atoms with Crippen molar-refractivity contribution in [2.45, 2.75) is 20.0 Å². The fraction of sp³-hybridized carbons (Fsp3) is 0.192. The molecule has 0 bridgehead atoms. The summed E-state index contributed by atoms with van der Waals surface area (Å²) in [4.78, 5) is 13.4. The van der Waals surface area contributed by atoms with Crippen LogP contribution in [0.3, 0.4) is 0 Å². The maximum atomic E-state index is 13.4. The third kappa shape index (κ3) is 4.72. The molecule has 0 spiro atoms. The number of nitrogens with zero attached hydrogens (tertiary/aromatic N) is 1. The standard InChI is InChI=1S/C26H26N2O3/c1-3-31-23-13-10-22(11-14-23)27-17-21-15-20-9-12-24(30-2)16-25(20)28(26(21)29)18-19-7-5-4-6-8-19/h4-16,27H,3,17-18H2,1-2H3. The van der Waals surface area contributed by atoms with E-state index in [1.807, 2.05) is 90.4 Å².